The SMILES string of the molecule is O=C(c1cn(CCCCc2ccccc2)c2c([N+](=O)[O-])cccc12)N1CCOCC1. The normalized spacial score (nSPS) is 14.2. The number of ether oxygens (including phenoxy) is 1. The minimum Gasteiger partial charge on any atom is -0.378 e. The minimum absolute atomic E-state index is 0.0385. The summed E-state index contributed by atoms with van der Waals surface area (Å²) in [5, 5.41) is 12.3. The van der Waals surface area contributed by atoms with Gasteiger partial charge in [0, 0.05) is 37.3 Å². The van der Waals surface area contributed by atoms with Crippen LogP contribution in [0.15, 0.2) is 54.7 Å². The number of carbonyl (C=O) groups is 1. The van der Waals surface area contributed by atoms with Gasteiger partial charge in [-0.2, -0.15) is 0 Å². The molecule has 2 aromatic carbocycles. The second-order valence-corrected chi connectivity index (χ2v) is 7.51. The first kappa shape index (κ1) is 20.1. The van der Waals surface area contributed by atoms with Gasteiger partial charge in [-0.15, -0.1) is 0 Å². The molecule has 30 heavy (non-hydrogen) atoms. The molecule has 7 heteroatoms. The Hall–Kier alpha value is -3.19. The number of non-ortho nitro benzene ring substituents is 1. The third kappa shape index (κ3) is 4.21. The molecular formula is C23H25N3O4. The number of nitro benzene ring substituents is 1. The molecule has 0 radical (unpaired) electrons. The smallest absolute Gasteiger partial charge is 0.293 e. The molecule has 1 fully saturated rings. The number of aromatic nitrogens is 1. The maximum absolute atomic E-state index is 13.1. The van der Waals surface area contributed by atoms with Crippen molar-refractivity contribution in [2.24, 2.45) is 0 Å². The van der Waals surface area contributed by atoms with Crippen LogP contribution in [0.3, 0.4) is 0 Å². The number of para-hydroxylation sites is 1. The second kappa shape index (κ2) is 9.09. The van der Waals surface area contributed by atoms with Gasteiger partial charge in [0.05, 0.1) is 23.7 Å². The van der Waals surface area contributed by atoms with E-state index < -0.39 is 0 Å². The summed E-state index contributed by atoms with van der Waals surface area (Å²) >= 11 is 0. The van der Waals surface area contributed by atoms with Gasteiger partial charge >= 0.3 is 0 Å². The van der Waals surface area contributed by atoms with Crippen molar-refractivity contribution < 1.29 is 14.5 Å². The van der Waals surface area contributed by atoms with Crippen molar-refractivity contribution in [1.82, 2.24) is 9.47 Å². The van der Waals surface area contributed by atoms with Crippen LogP contribution in [0.25, 0.3) is 10.9 Å². The highest BCUT2D eigenvalue weighted by Gasteiger charge is 2.26. The van der Waals surface area contributed by atoms with Gasteiger partial charge < -0.3 is 14.2 Å². The van der Waals surface area contributed by atoms with Gasteiger partial charge in [0.15, 0.2) is 0 Å². The maximum Gasteiger partial charge on any atom is 0.293 e. The third-order valence-corrected chi connectivity index (χ3v) is 5.56. The highest BCUT2D eigenvalue weighted by atomic mass is 16.6. The van der Waals surface area contributed by atoms with Crippen molar-refractivity contribution in [3.8, 4) is 0 Å². The molecule has 7 nitrogen and oxygen atoms in total. The third-order valence-electron chi connectivity index (χ3n) is 5.56. The Kier molecular flexibility index (Phi) is 6.09. The van der Waals surface area contributed by atoms with E-state index in [9.17, 15) is 14.9 Å². The lowest BCUT2D eigenvalue weighted by Gasteiger charge is -2.26. The molecule has 0 saturated carbocycles. The summed E-state index contributed by atoms with van der Waals surface area (Å²) < 4.78 is 7.22. The molecule has 0 unspecified atom stereocenters. The fraction of sp³-hybridized carbons (Fsp3) is 0.348. The molecule has 0 aliphatic carbocycles. The monoisotopic (exact) mass is 407 g/mol. The van der Waals surface area contributed by atoms with Gasteiger partial charge in [-0.3, -0.25) is 14.9 Å². The molecule has 2 heterocycles. The minimum atomic E-state index is -0.369. The zero-order chi connectivity index (χ0) is 20.9. The van der Waals surface area contributed by atoms with Crippen LogP contribution in [-0.2, 0) is 17.7 Å². The average Bonchev–Trinajstić information content (AvgIpc) is 3.16. The number of nitrogens with zero attached hydrogens (tertiary/aromatic N) is 3. The second-order valence-electron chi connectivity index (χ2n) is 7.51. The Morgan fingerprint density at radius 1 is 1.03 bits per heavy atom. The Labute approximate surface area is 175 Å². The van der Waals surface area contributed by atoms with Crippen molar-refractivity contribution in [2.75, 3.05) is 26.3 Å². The van der Waals surface area contributed by atoms with Crippen molar-refractivity contribution in [3.63, 3.8) is 0 Å². The molecule has 4 rings (SSSR count). The summed E-state index contributed by atoms with van der Waals surface area (Å²) in [6.07, 6.45) is 4.59. The van der Waals surface area contributed by atoms with E-state index in [0.29, 0.717) is 49.3 Å². The van der Waals surface area contributed by atoms with E-state index in [1.165, 1.54) is 11.6 Å². The molecular weight excluding hydrogens is 382 g/mol. The lowest BCUT2D eigenvalue weighted by atomic mass is 10.1. The van der Waals surface area contributed by atoms with Crippen LogP contribution in [0.2, 0.25) is 0 Å². The Balaban J connectivity index is 1.59. The number of aryl methyl sites for hydroxylation is 2. The van der Waals surface area contributed by atoms with Gasteiger partial charge in [-0.05, 0) is 24.8 Å². The van der Waals surface area contributed by atoms with Crippen molar-refractivity contribution in [2.45, 2.75) is 25.8 Å². The summed E-state index contributed by atoms with van der Waals surface area (Å²) in [5.74, 6) is -0.0909. The predicted octanol–water partition coefficient (Wildman–Crippen LogP) is 4.04. The number of carbonyl (C=O) groups excluding carboxylic acids is 1. The van der Waals surface area contributed by atoms with Gasteiger partial charge in [0.2, 0.25) is 0 Å². The number of unbranched alkanes of at least 4 members (excludes halogenated alkanes) is 1. The van der Waals surface area contributed by atoms with E-state index in [-0.39, 0.29) is 16.5 Å². The molecule has 1 aliphatic rings. The molecule has 1 aromatic heterocycles. The molecule has 0 N–H and O–H groups in total. The van der Waals surface area contributed by atoms with Gasteiger partial charge in [0.1, 0.15) is 5.52 Å². The molecule has 156 valence electrons. The summed E-state index contributed by atoms with van der Waals surface area (Å²) in [4.78, 5) is 26.1. The van der Waals surface area contributed by atoms with Crippen molar-refractivity contribution in [3.05, 3.63) is 76.0 Å². The van der Waals surface area contributed by atoms with E-state index in [1.54, 1.807) is 23.2 Å². The Morgan fingerprint density at radius 3 is 2.53 bits per heavy atom. The summed E-state index contributed by atoms with van der Waals surface area (Å²) in [7, 11) is 0. The fourth-order valence-electron chi connectivity index (χ4n) is 4.03. The number of nitro groups is 1. The van der Waals surface area contributed by atoms with Crippen LogP contribution < -0.4 is 0 Å². The zero-order valence-corrected chi connectivity index (χ0v) is 16.8. The molecule has 3 aromatic rings. The van der Waals surface area contributed by atoms with Crippen LogP contribution in [0.1, 0.15) is 28.8 Å². The highest BCUT2D eigenvalue weighted by Crippen LogP contribution is 2.31. The lowest BCUT2D eigenvalue weighted by molar-refractivity contribution is -0.383. The first-order valence-electron chi connectivity index (χ1n) is 10.3. The van der Waals surface area contributed by atoms with E-state index in [1.807, 2.05) is 22.8 Å². The van der Waals surface area contributed by atoms with Crippen LogP contribution in [0, 0.1) is 10.1 Å². The molecule has 0 atom stereocenters. The topological polar surface area (TPSA) is 77.6 Å². The van der Waals surface area contributed by atoms with Crippen LogP contribution in [-0.4, -0.2) is 46.6 Å². The Morgan fingerprint density at radius 2 is 1.80 bits per heavy atom. The molecule has 1 saturated heterocycles. The standard InChI is InChI=1S/C23H25N3O4/c27-23(24-13-15-30-16-14-24)20-17-25(12-5-4-9-18-7-2-1-3-8-18)22-19(20)10-6-11-21(22)26(28)29/h1-3,6-8,10-11,17H,4-5,9,12-16H2. The number of fused-ring (bicyclic) bond motifs is 1. The van der Waals surface area contributed by atoms with Crippen LogP contribution in [0.5, 0.6) is 0 Å². The summed E-state index contributed by atoms with van der Waals surface area (Å²) in [5.41, 5.74) is 2.37. The summed E-state index contributed by atoms with van der Waals surface area (Å²) in [6, 6.07) is 15.2. The number of morpholine rings is 1. The molecule has 0 spiro atoms. The number of hydrogen-bond donors (Lipinski definition) is 0. The molecule has 1 amide bonds. The van der Waals surface area contributed by atoms with E-state index in [2.05, 4.69) is 12.1 Å². The fourth-order valence-corrected chi connectivity index (χ4v) is 4.03. The highest BCUT2D eigenvalue weighted by molar-refractivity contribution is 6.09. The van der Waals surface area contributed by atoms with E-state index >= 15 is 0 Å². The zero-order valence-electron chi connectivity index (χ0n) is 16.8. The first-order chi connectivity index (χ1) is 14.6. The summed E-state index contributed by atoms with van der Waals surface area (Å²) in [6.45, 7) is 2.74. The molecule has 1 aliphatic heterocycles. The quantitative estimate of drug-likeness (QED) is 0.336. The number of hydrogen-bond acceptors (Lipinski definition) is 4. The molecule has 0 bridgehead atoms. The van der Waals surface area contributed by atoms with Gasteiger partial charge in [0.25, 0.3) is 11.6 Å². The van der Waals surface area contributed by atoms with Gasteiger partial charge in [-0.25, -0.2) is 0 Å². The largest absolute Gasteiger partial charge is 0.378 e. The van der Waals surface area contributed by atoms with E-state index in [0.717, 1.165) is 19.3 Å². The number of benzene rings is 2. The lowest BCUT2D eigenvalue weighted by Crippen LogP contribution is -2.40. The van der Waals surface area contributed by atoms with Crippen molar-refractivity contribution >= 4 is 22.5 Å². The van der Waals surface area contributed by atoms with Crippen LogP contribution in [0.4, 0.5) is 5.69 Å². The number of rotatable bonds is 7. The Bertz CT molecular complexity index is 1040. The van der Waals surface area contributed by atoms with E-state index in [4.69, 9.17) is 4.74 Å². The first-order valence-corrected chi connectivity index (χ1v) is 10.3. The maximum atomic E-state index is 13.1. The van der Waals surface area contributed by atoms with Crippen LogP contribution >= 0.6 is 0 Å². The van der Waals surface area contributed by atoms with Gasteiger partial charge in [-0.1, -0.05) is 42.5 Å². The van der Waals surface area contributed by atoms with Crippen molar-refractivity contribution in [1.29, 1.82) is 0 Å². The average molecular weight is 407 g/mol. The predicted molar refractivity (Wildman–Crippen MR) is 115 cm³/mol. The number of amides is 1.